The lowest BCUT2D eigenvalue weighted by Gasteiger charge is -2.18. The highest BCUT2D eigenvalue weighted by Crippen LogP contribution is 2.31. The van der Waals surface area contributed by atoms with Crippen molar-refractivity contribution in [1.29, 1.82) is 0 Å². The van der Waals surface area contributed by atoms with Crippen LogP contribution in [0, 0.1) is 13.8 Å². The van der Waals surface area contributed by atoms with Gasteiger partial charge < -0.3 is 5.32 Å². The van der Waals surface area contributed by atoms with Crippen LogP contribution in [0.3, 0.4) is 0 Å². The number of pyridine rings is 1. The molecule has 3 heteroatoms. The van der Waals surface area contributed by atoms with Crippen molar-refractivity contribution in [1.82, 2.24) is 4.98 Å². The number of fused-ring (bicyclic) bond motifs is 1. The summed E-state index contributed by atoms with van der Waals surface area (Å²) in [6, 6.07) is 14.2. The van der Waals surface area contributed by atoms with Gasteiger partial charge in [0.2, 0.25) is 0 Å². The van der Waals surface area contributed by atoms with Crippen LogP contribution in [0.1, 0.15) is 92.3 Å². The number of para-hydroxylation sites is 1. The van der Waals surface area contributed by atoms with E-state index in [1.54, 1.807) is 6.20 Å². The molecule has 0 fully saturated rings. The van der Waals surface area contributed by atoms with Crippen LogP contribution in [0.15, 0.2) is 54.7 Å². The third kappa shape index (κ3) is 6.31. The van der Waals surface area contributed by atoms with Gasteiger partial charge in [0.15, 0.2) is 0 Å². The summed E-state index contributed by atoms with van der Waals surface area (Å²) in [7, 11) is 0. The minimum absolute atomic E-state index is 0.0562. The number of carbonyl (C=O) groups excluding carboxylic acids is 1. The van der Waals surface area contributed by atoms with Gasteiger partial charge in [0.25, 0.3) is 5.91 Å². The first-order valence-electron chi connectivity index (χ1n) is 12.5. The summed E-state index contributed by atoms with van der Waals surface area (Å²) in [6.07, 6.45) is 13.4. The molecular weight excluding hydrogens is 404 g/mol. The van der Waals surface area contributed by atoms with Gasteiger partial charge in [-0.1, -0.05) is 75.9 Å². The van der Waals surface area contributed by atoms with E-state index in [1.807, 2.05) is 30.3 Å². The van der Waals surface area contributed by atoms with Crippen LogP contribution in [0.4, 0.5) is 5.69 Å². The molecular formula is C30H38N2O. The maximum Gasteiger partial charge on any atom is 0.256 e. The summed E-state index contributed by atoms with van der Waals surface area (Å²) in [5.74, 6) is -0.0562. The molecule has 3 aromatic rings. The smallest absolute Gasteiger partial charge is 0.256 e. The van der Waals surface area contributed by atoms with Crippen LogP contribution in [0.25, 0.3) is 16.5 Å². The second-order valence-corrected chi connectivity index (χ2v) is 8.95. The summed E-state index contributed by atoms with van der Waals surface area (Å²) in [5.41, 5.74) is 6.94. The fourth-order valence-electron chi connectivity index (χ4n) is 4.35. The van der Waals surface area contributed by atoms with E-state index < -0.39 is 0 Å². The zero-order chi connectivity index (χ0) is 23.6. The number of benzene rings is 2. The highest BCUT2D eigenvalue weighted by atomic mass is 16.1. The number of anilines is 1. The molecule has 1 aromatic heterocycles. The summed E-state index contributed by atoms with van der Waals surface area (Å²) in [6.45, 7) is 8.62. The van der Waals surface area contributed by atoms with Gasteiger partial charge in [0.1, 0.15) is 0 Å². The number of rotatable bonds is 11. The summed E-state index contributed by atoms with van der Waals surface area (Å²) >= 11 is 0. The normalized spacial score (nSPS) is 11.7. The Kier molecular flexibility index (Phi) is 9.24. The molecule has 0 atom stereocenters. The number of unbranched alkanes of at least 4 members (excludes halogenated alkanes) is 5. The van der Waals surface area contributed by atoms with E-state index in [-0.39, 0.29) is 5.91 Å². The Labute approximate surface area is 199 Å². The Morgan fingerprint density at radius 2 is 1.70 bits per heavy atom. The fourth-order valence-corrected chi connectivity index (χ4v) is 4.35. The highest BCUT2D eigenvalue weighted by molar-refractivity contribution is 6.11. The van der Waals surface area contributed by atoms with E-state index in [9.17, 15) is 4.79 Å². The van der Waals surface area contributed by atoms with E-state index in [4.69, 9.17) is 0 Å². The third-order valence-corrected chi connectivity index (χ3v) is 6.44. The zero-order valence-corrected chi connectivity index (χ0v) is 20.7. The van der Waals surface area contributed by atoms with Gasteiger partial charge in [-0.2, -0.15) is 0 Å². The predicted molar refractivity (Wildman–Crippen MR) is 142 cm³/mol. The first kappa shape index (κ1) is 24.7. The van der Waals surface area contributed by atoms with Gasteiger partial charge in [0.05, 0.1) is 16.8 Å². The Bertz CT molecular complexity index is 1110. The van der Waals surface area contributed by atoms with Gasteiger partial charge in [-0.05, 0) is 73.9 Å². The molecule has 0 bridgehead atoms. The number of allylic oxidation sites excluding steroid dienone is 2. The number of hydrogen-bond acceptors (Lipinski definition) is 2. The molecule has 0 saturated heterocycles. The maximum absolute atomic E-state index is 13.7. The molecule has 0 saturated carbocycles. The minimum Gasteiger partial charge on any atom is -0.320 e. The molecule has 1 N–H and O–H groups in total. The van der Waals surface area contributed by atoms with Crippen molar-refractivity contribution in [3.63, 3.8) is 0 Å². The Hall–Kier alpha value is -2.94. The van der Waals surface area contributed by atoms with Crippen LogP contribution >= 0.6 is 0 Å². The Morgan fingerprint density at radius 1 is 0.939 bits per heavy atom. The van der Waals surface area contributed by atoms with E-state index in [2.05, 4.69) is 56.2 Å². The van der Waals surface area contributed by atoms with Crippen molar-refractivity contribution in [2.75, 3.05) is 5.32 Å². The van der Waals surface area contributed by atoms with Crippen LogP contribution in [0.5, 0.6) is 0 Å². The molecule has 2 aromatic carbocycles. The van der Waals surface area contributed by atoms with E-state index in [0.717, 1.165) is 58.1 Å². The van der Waals surface area contributed by atoms with E-state index in [0.29, 0.717) is 0 Å². The van der Waals surface area contributed by atoms with E-state index >= 15 is 0 Å². The predicted octanol–water partition coefficient (Wildman–Crippen LogP) is 8.65. The van der Waals surface area contributed by atoms with Crippen molar-refractivity contribution >= 4 is 28.1 Å². The van der Waals surface area contributed by atoms with Crippen molar-refractivity contribution in [3.8, 4) is 0 Å². The molecule has 0 radical (unpaired) electrons. The van der Waals surface area contributed by atoms with Crippen molar-refractivity contribution in [3.05, 3.63) is 77.0 Å². The largest absolute Gasteiger partial charge is 0.320 e. The minimum atomic E-state index is -0.0562. The molecule has 0 aliphatic carbocycles. The van der Waals surface area contributed by atoms with Crippen LogP contribution in [-0.2, 0) is 0 Å². The molecule has 0 unspecified atom stereocenters. The van der Waals surface area contributed by atoms with Crippen molar-refractivity contribution in [2.24, 2.45) is 0 Å². The first-order chi connectivity index (χ1) is 16.1. The van der Waals surface area contributed by atoms with Gasteiger partial charge in [-0.25, -0.2) is 0 Å². The van der Waals surface area contributed by atoms with Gasteiger partial charge in [0, 0.05) is 11.6 Å². The zero-order valence-electron chi connectivity index (χ0n) is 20.7. The molecule has 1 amide bonds. The number of aryl methyl sites for hydroxylation is 1. The standard InChI is InChI=1S/C30H38N2O/c1-5-7-9-11-15-24(14-10-8-6-2)26-20-19-22(3)23(4)28(26)30(33)32-27-18-12-16-25-17-13-21-31-29(25)27/h12-13,15-21H,5-11,14H2,1-4H3,(H,32,33)/b24-15+. The molecule has 33 heavy (non-hydrogen) atoms. The quantitative estimate of drug-likeness (QED) is 0.302. The second kappa shape index (κ2) is 12.3. The number of nitrogens with zero attached hydrogens (tertiary/aromatic N) is 1. The maximum atomic E-state index is 13.7. The third-order valence-electron chi connectivity index (χ3n) is 6.44. The lowest BCUT2D eigenvalue weighted by Crippen LogP contribution is -2.17. The van der Waals surface area contributed by atoms with Gasteiger partial charge in [-0.15, -0.1) is 0 Å². The van der Waals surface area contributed by atoms with Crippen LogP contribution in [-0.4, -0.2) is 10.9 Å². The first-order valence-corrected chi connectivity index (χ1v) is 12.5. The highest BCUT2D eigenvalue weighted by Gasteiger charge is 2.19. The number of carbonyl (C=O) groups is 1. The average molecular weight is 443 g/mol. The summed E-state index contributed by atoms with van der Waals surface area (Å²) in [4.78, 5) is 18.2. The Morgan fingerprint density at radius 3 is 2.48 bits per heavy atom. The number of aromatic nitrogens is 1. The number of amides is 1. The number of nitrogens with one attached hydrogen (secondary N) is 1. The Balaban J connectivity index is 1.99. The molecule has 0 aliphatic heterocycles. The number of hydrogen-bond donors (Lipinski definition) is 1. The lowest BCUT2D eigenvalue weighted by atomic mass is 9.89. The summed E-state index contributed by atoms with van der Waals surface area (Å²) in [5, 5.41) is 4.20. The van der Waals surface area contributed by atoms with Crippen LogP contribution in [0.2, 0.25) is 0 Å². The van der Waals surface area contributed by atoms with Crippen LogP contribution < -0.4 is 5.32 Å². The SMILES string of the molecule is CCCCC/C=C(\CCCCC)c1ccc(C)c(C)c1C(=O)Nc1cccc2cccnc12. The van der Waals surface area contributed by atoms with Gasteiger partial charge >= 0.3 is 0 Å². The molecule has 1 heterocycles. The summed E-state index contributed by atoms with van der Waals surface area (Å²) < 4.78 is 0. The van der Waals surface area contributed by atoms with E-state index in [1.165, 1.54) is 37.7 Å². The van der Waals surface area contributed by atoms with Crippen molar-refractivity contribution < 1.29 is 4.79 Å². The molecule has 0 spiro atoms. The molecule has 0 aliphatic rings. The fraction of sp³-hybridized carbons (Fsp3) is 0.400. The van der Waals surface area contributed by atoms with Crippen molar-refractivity contribution in [2.45, 2.75) is 79.1 Å². The molecule has 174 valence electrons. The second-order valence-electron chi connectivity index (χ2n) is 8.95. The molecule has 3 nitrogen and oxygen atoms in total. The molecule has 3 rings (SSSR count). The lowest BCUT2D eigenvalue weighted by molar-refractivity contribution is 0.102. The van der Waals surface area contributed by atoms with Gasteiger partial charge in [-0.3, -0.25) is 9.78 Å². The topological polar surface area (TPSA) is 42.0 Å². The monoisotopic (exact) mass is 442 g/mol. The average Bonchev–Trinajstić information content (AvgIpc) is 2.82.